The minimum absolute atomic E-state index is 0. The highest BCUT2D eigenvalue weighted by Gasteiger charge is 2.40. The summed E-state index contributed by atoms with van der Waals surface area (Å²) in [6.07, 6.45) is 3.92. The number of fused-ring (bicyclic) bond motifs is 1. The first kappa shape index (κ1) is 16.3. The number of halogens is 2. The van der Waals surface area contributed by atoms with Gasteiger partial charge in [0.1, 0.15) is 0 Å². The Hall–Kier alpha value is -0.0900. The lowest BCUT2D eigenvalue weighted by Gasteiger charge is -2.30. The van der Waals surface area contributed by atoms with Gasteiger partial charge in [0, 0.05) is 29.6 Å². The van der Waals surface area contributed by atoms with Crippen LogP contribution < -0.4 is 5.73 Å². The largest absolute Gasteiger partial charge is 0.327 e. The first-order valence-electron chi connectivity index (χ1n) is 7.40. The van der Waals surface area contributed by atoms with Crippen LogP contribution >= 0.6 is 28.3 Å². The Balaban J connectivity index is 0.00000147. The molecule has 1 aliphatic carbocycles. The van der Waals surface area contributed by atoms with Crippen molar-refractivity contribution in [2.75, 3.05) is 13.1 Å². The molecule has 4 heteroatoms. The molecule has 112 valence electrons. The van der Waals surface area contributed by atoms with Crippen molar-refractivity contribution in [1.82, 2.24) is 4.90 Å². The maximum absolute atomic E-state index is 6.31. The third-order valence-electron chi connectivity index (χ3n) is 5.06. The number of rotatable bonds is 2. The van der Waals surface area contributed by atoms with Crippen LogP contribution in [0, 0.1) is 11.8 Å². The van der Waals surface area contributed by atoms with Crippen molar-refractivity contribution in [1.29, 1.82) is 0 Å². The molecule has 2 N–H and O–H groups in total. The van der Waals surface area contributed by atoms with Crippen molar-refractivity contribution in [3.63, 3.8) is 0 Å². The fraction of sp³-hybridized carbons (Fsp3) is 0.625. The first-order chi connectivity index (χ1) is 9.15. The van der Waals surface area contributed by atoms with Crippen LogP contribution in [0.15, 0.2) is 28.7 Å². The van der Waals surface area contributed by atoms with E-state index in [1.54, 1.807) is 0 Å². The van der Waals surface area contributed by atoms with E-state index in [1.807, 2.05) is 0 Å². The van der Waals surface area contributed by atoms with Gasteiger partial charge in [0.25, 0.3) is 0 Å². The van der Waals surface area contributed by atoms with Crippen LogP contribution in [0.25, 0.3) is 0 Å². The van der Waals surface area contributed by atoms with E-state index in [0.717, 1.165) is 11.8 Å². The van der Waals surface area contributed by atoms with E-state index in [0.29, 0.717) is 12.1 Å². The zero-order chi connectivity index (χ0) is 13.4. The van der Waals surface area contributed by atoms with Gasteiger partial charge in [-0.2, -0.15) is 0 Å². The van der Waals surface area contributed by atoms with Gasteiger partial charge < -0.3 is 5.73 Å². The van der Waals surface area contributed by atoms with Crippen molar-refractivity contribution in [2.24, 2.45) is 17.6 Å². The molecule has 0 spiro atoms. The summed E-state index contributed by atoms with van der Waals surface area (Å²) in [5.41, 5.74) is 7.72. The molecule has 0 amide bonds. The van der Waals surface area contributed by atoms with E-state index in [2.05, 4.69) is 52.0 Å². The summed E-state index contributed by atoms with van der Waals surface area (Å²) in [7, 11) is 0. The molecular formula is C16H24BrClN2. The third kappa shape index (κ3) is 3.22. The molecule has 2 fully saturated rings. The summed E-state index contributed by atoms with van der Waals surface area (Å²) in [5, 5.41) is 0. The molecule has 1 saturated heterocycles. The van der Waals surface area contributed by atoms with E-state index < -0.39 is 0 Å². The molecule has 2 aliphatic rings. The lowest BCUT2D eigenvalue weighted by atomic mass is 9.78. The van der Waals surface area contributed by atoms with Gasteiger partial charge in [0.15, 0.2) is 0 Å². The van der Waals surface area contributed by atoms with Gasteiger partial charge in [-0.05, 0) is 49.3 Å². The topological polar surface area (TPSA) is 29.3 Å². The Kier molecular flexibility index (Phi) is 5.52. The summed E-state index contributed by atoms with van der Waals surface area (Å²) >= 11 is 3.57. The number of likely N-dealkylation sites (tertiary alicyclic amines) is 1. The third-order valence-corrected chi connectivity index (χ3v) is 5.55. The number of benzene rings is 1. The van der Waals surface area contributed by atoms with E-state index in [-0.39, 0.29) is 12.4 Å². The smallest absolute Gasteiger partial charge is 0.0320 e. The quantitative estimate of drug-likeness (QED) is 0.865. The van der Waals surface area contributed by atoms with E-state index >= 15 is 0 Å². The summed E-state index contributed by atoms with van der Waals surface area (Å²) in [4.78, 5) is 2.63. The van der Waals surface area contributed by atoms with E-state index in [1.165, 1.54) is 42.4 Å². The van der Waals surface area contributed by atoms with Crippen LogP contribution in [0.3, 0.4) is 0 Å². The molecule has 0 radical (unpaired) electrons. The zero-order valence-corrected chi connectivity index (χ0v) is 14.4. The Morgan fingerprint density at radius 1 is 1.30 bits per heavy atom. The molecule has 1 aromatic carbocycles. The van der Waals surface area contributed by atoms with Gasteiger partial charge in [-0.15, -0.1) is 12.4 Å². The van der Waals surface area contributed by atoms with Crippen LogP contribution in [-0.4, -0.2) is 24.0 Å². The lowest BCUT2D eigenvalue weighted by Crippen LogP contribution is -2.38. The normalized spacial score (nSPS) is 31.4. The molecule has 1 heterocycles. The average molecular weight is 360 g/mol. The van der Waals surface area contributed by atoms with Gasteiger partial charge in [-0.3, -0.25) is 4.90 Å². The molecule has 0 aromatic heterocycles. The second-order valence-corrected chi connectivity index (χ2v) is 7.12. The molecule has 4 atom stereocenters. The maximum Gasteiger partial charge on any atom is 0.0320 e. The summed E-state index contributed by atoms with van der Waals surface area (Å²) in [5.74, 6) is 1.56. The van der Waals surface area contributed by atoms with Crippen LogP contribution in [0.2, 0.25) is 0 Å². The highest BCUT2D eigenvalue weighted by atomic mass is 79.9. The standard InChI is InChI=1S/C16H23BrN2.ClH/c1-11(12-4-2-6-14(17)8-12)19-9-13-5-3-7-16(18)15(13)10-19;/h2,4,6,8,11,13,15-16H,3,5,7,9-10,18H2,1H3;1H. The molecule has 0 bridgehead atoms. The summed E-state index contributed by atoms with van der Waals surface area (Å²) < 4.78 is 1.17. The number of nitrogens with zero attached hydrogens (tertiary/aromatic N) is 1. The summed E-state index contributed by atoms with van der Waals surface area (Å²) in [6.45, 7) is 4.73. The minimum Gasteiger partial charge on any atom is -0.327 e. The Morgan fingerprint density at radius 3 is 2.80 bits per heavy atom. The number of nitrogens with two attached hydrogens (primary N) is 1. The van der Waals surface area contributed by atoms with Gasteiger partial charge in [-0.25, -0.2) is 0 Å². The lowest BCUT2D eigenvalue weighted by molar-refractivity contribution is 0.245. The second-order valence-electron chi connectivity index (χ2n) is 6.20. The number of hydrogen-bond acceptors (Lipinski definition) is 2. The van der Waals surface area contributed by atoms with Gasteiger partial charge in [0.2, 0.25) is 0 Å². The number of hydrogen-bond donors (Lipinski definition) is 1. The van der Waals surface area contributed by atoms with Gasteiger partial charge in [-0.1, -0.05) is 34.5 Å². The fourth-order valence-corrected chi connectivity index (χ4v) is 4.26. The van der Waals surface area contributed by atoms with Crippen molar-refractivity contribution in [2.45, 2.75) is 38.3 Å². The van der Waals surface area contributed by atoms with E-state index in [9.17, 15) is 0 Å². The molecule has 20 heavy (non-hydrogen) atoms. The first-order valence-corrected chi connectivity index (χ1v) is 8.19. The van der Waals surface area contributed by atoms with Gasteiger partial charge >= 0.3 is 0 Å². The molecular weight excluding hydrogens is 336 g/mol. The zero-order valence-electron chi connectivity index (χ0n) is 12.0. The molecule has 2 nitrogen and oxygen atoms in total. The highest BCUT2D eigenvalue weighted by Crippen LogP contribution is 2.39. The highest BCUT2D eigenvalue weighted by molar-refractivity contribution is 9.10. The summed E-state index contributed by atoms with van der Waals surface area (Å²) in [6, 6.07) is 9.62. The van der Waals surface area contributed by atoms with Crippen LogP contribution in [-0.2, 0) is 0 Å². The molecule has 1 saturated carbocycles. The Bertz CT molecular complexity index is 454. The monoisotopic (exact) mass is 358 g/mol. The minimum atomic E-state index is 0. The van der Waals surface area contributed by atoms with Crippen LogP contribution in [0.4, 0.5) is 0 Å². The maximum atomic E-state index is 6.31. The van der Waals surface area contributed by atoms with Crippen molar-refractivity contribution in [3.05, 3.63) is 34.3 Å². The Morgan fingerprint density at radius 2 is 2.10 bits per heavy atom. The van der Waals surface area contributed by atoms with Crippen molar-refractivity contribution >= 4 is 28.3 Å². The van der Waals surface area contributed by atoms with Crippen molar-refractivity contribution < 1.29 is 0 Å². The predicted molar refractivity (Wildman–Crippen MR) is 90.2 cm³/mol. The SMILES string of the molecule is CC(c1cccc(Br)c1)N1CC2CCCC(N)C2C1.Cl. The fourth-order valence-electron chi connectivity index (χ4n) is 3.84. The molecule has 3 rings (SSSR count). The van der Waals surface area contributed by atoms with Crippen LogP contribution in [0.5, 0.6) is 0 Å². The molecule has 1 aliphatic heterocycles. The molecule has 1 aromatic rings. The predicted octanol–water partition coefficient (Wildman–Crippen LogP) is 3.99. The van der Waals surface area contributed by atoms with Crippen LogP contribution in [0.1, 0.15) is 37.8 Å². The second kappa shape index (κ2) is 6.78. The molecule has 4 unspecified atom stereocenters. The van der Waals surface area contributed by atoms with Crippen molar-refractivity contribution in [3.8, 4) is 0 Å². The average Bonchev–Trinajstić information content (AvgIpc) is 2.83. The van der Waals surface area contributed by atoms with E-state index in [4.69, 9.17) is 5.73 Å². The van der Waals surface area contributed by atoms with Gasteiger partial charge in [0.05, 0.1) is 0 Å². The Labute approximate surface area is 136 Å².